The second-order valence-corrected chi connectivity index (χ2v) is 7.69. The molecule has 164 valence electrons. The lowest BCUT2D eigenvalue weighted by Crippen LogP contribution is -2.20. The van der Waals surface area contributed by atoms with Gasteiger partial charge in [-0.15, -0.1) is 0 Å². The number of carbonyl (C=O) groups is 1. The van der Waals surface area contributed by atoms with Crippen LogP contribution in [0.15, 0.2) is 55.2 Å². The summed E-state index contributed by atoms with van der Waals surface area (Å²) < 4.78 is 18.9. The quantitative estimate of drug-likeness (QED) is 0.433. The highest BCUT2D eigenvalue weighted by Gasteiger charge is 2.19. The van der Waals surface area contributed by atoms with E-state index in [0.29, 0.717) is 41.8 Å². The minimum atomic E-state index is -1.09. The predicted octanol–water partition coefficient (Wildman–Crippen LogP) is 4.98. The Hall–Kier alpha value is -3.49. The van der Waals surface area contributed by atoms with Crippen LogP contribution in [0.1, 0.15) is 12.0 Å². The summed E-state index contributed by atoms with van der Waals surface area (Å²) in [6.07, 6.45) is 2.47. The van der Waals surface area contributed by atoms with Crippen molar-refractivity contribution in [3.05, 3.63) is 71.6 Å². The highest BCUT2D eigenvalue weighted by molar-refractivity contribution is 6.31. The molecule has 0 amide bonds. The Labute approximate surface area is 188 Å². The number of rotatable bonds is 7. The van der Waals surface area contributed by atoms with Crippen molar-refractivity contribution in [3.63, 3.8) is 0 Å². The Balaban J connectivity index is 1.70. The predicted molar refractivity (Wildman–Crippen MR) is 122 cm³/mol. The summed E-state index contributed by atoms with van der Waals surface area (Å²) in [5.74, 6) is -0.745. The summed E-state index contributed by atoms with van der Waals surface area (Å²) >= 11 is 5.86. The smallest absolute Gasteiger partial charge is 0.335 e. The maximum atomic E-state index is 13.5. The average Bonchev–Trinajstić information content (AvgIpc) is 3.29. The molecule has 0 bridgehead atoms. The molecule has 0 aliphatic carbocycles. The molecular weight excluding hydrogens is 435 g/mol. The maximum absolute atomic E-state index is 13.5. The SMILES string of the molecule is C=C(C(=O)O)c1cccc(-c2cnc(Nc3ccc(F)c(Cl)c3)nc2NC2CCOC2)c1. The number of hydrogen-bond donors (Lipinski definition) is 3. The molecule has 32 heavy (non-hydrogen) atoms. The number of carboxylic acid groups (broad SMARTS) is 1. The van der Waals surface area contributed by atoms with E-state index in [-0.39, 0.29) is 16.6 Å². The number of halogens is 2. The molecule has 7 nitrogen and oxygen atoms in total. The Morgan fingerprint density at radius 2 is 2.12 bits per heavy atom. The minimum absolute atomic E-state index is 0.00190. The van der Waals surface area contributed by atoms with Gasteiger partial charge in [0.25, 0.3) is 0 Å². The molecule has 3 aromatic rings. The average molecular weight is 455 g/mol. The molecule has 4 rings (SSSR count). The molecule has 1 aromatic heterocycles. The van der Waals surface area contributed by atoms with E-state index < -0.39 is 11.8 Å². The van der Waals surface area contributed by atoms with E-state index in [2.05, 4.69) is 27.2 Å². The molecule has 1 atom stereocenters. The van der Waals surface area contributed by atoms with Gasteiger partial charge >= 0.3 is 5.97 Å². The molecule has 1 unspecified atom stereocenters. The van der Waals surface area contributed by atoms with Gasteiger partial charge in [0.05, 0.1) is 23.2 Å². The second-order valence-electron chi connectivity index (χ2n) is 7.28. The van der Waals surface area contributed by atoms with Gasteiger partial charge in [-0.1, -0.05) is 36.4 Å². The number of nitrogens with one attached hydrogen (secondary N) is 2. The number of nitrogens with zero attached hydrogens (tertiary/aromatic N) is 2. The van der Waals surface area contributed by atoms with Crippen LogP contribution in [-0.2, 0) is 9.53 Å². The van der Waals surface area contributed by atoms with Crippen LogP contribution in [0.5, 0.6) is 0 Å². The van der Waals surface area contributed by atoms with Crippen molar-refractivity contribution >= 4 is 40.6 Å². The van der Waals surface area contributed by atoms with Crippen LogP contribution >= 0.6 is 11.6 Å². The first-order chi connectivity index (χ1) is 15.4. The van der Waals surface area contributed by atoms with E-state index in [0.717, 1.165) is 12.0 Å². The molecule has 2 aromatic carbocycles. The Morgan fingerprint density at radius 3 is 2.84 bits per heavy atom. The number of carboxylic acids is 1. The van der Waals surface area contributed by atoms with Crippen molar-refractivity contribution in [2.24, 2.45) is 0 Å². The van der Waals surface area contributed by atoms with Crippen LogP contribution in [0.25, 0.3) is 16.7 Å². The van der Waals surface area contributed by atoms with Crippen molar-refractivity contribution in [3.8, 4) is 11.1 Å². The maximum Gasteiger partial charge on any atom is 0.335 e. The zero-order chi connectivity index (χ0) is 22.7. The molecule has 0 radical (unpaired) electrons. The van der Waals surface area contributed by atoms with Crippen molar-refractivity contribution in [2.45, 2.75) is 12.5 Å². The fourth-order valence-corrected chi connectivity index (χ4v) is 3.49. The van der Waals surface area contributed by atoms with E-state index in [1.807, 2.05) is 6.07 Å². The number of hydrogen-bond acceptors (Lipinski definition) is 6. The Morgan fingerprint density at radius 1 is 1.28 bits per heavy atom. The third-order valence-electron chi connectivity index (χ3n) is 5.02. The van der Waals surface area contributed by atoms with E-state index in [9.17, 15) is 14.3 Å². The molecule has 2 heterocycles. The van der Waals surface area contributed by atoms with Gasteiger partial charge in [-0.2, -0.15) is 4.98 Å². The van der Waals surface area contributed by atoms with Gasteiger partial charge < -0.3 is 20.5 Å². The number of aliphatic carboxylic acids is 1. The first kappa shape index (κ1) is 21.7. The van der Waals surface area contributed by atoms with E-state index in [1.165, 1.54) is 18.2 Å². The molecule has 1 fully saturated rings. The molecule has 3 N–H and O–H groups in total. The lowest BCUT2D eigenvalue weighted by molar-refractivity contribution is -0.130. The van der Waals surface area contributed by atoms with Crippen molar-refractivity contribution in [1.82, 2.24) is 9.97 Å². The highest BCUT2D eigenvalue weighted by Crippen LogP contribution is 2.31. The van der Waals surface area contributed by atoms with Gasteiger partial charge in [0, 0.05) is 24.1 Å². The molecule has 0 saturated carbocycles. The zero-order valence-corrected chi connectivity index (χ0v) is 17.7. The number of ether oxygens (including phenoxy) is 1. The van der Waals surface area contributed by atoms with Crippen LogP contribution < -0.4 is 10.6 Å². The van der Waals surface area contributed by atoms with Gasteiger partial charge in [0.1, 0.15) is 11.6 Å². The first-order valence-electron chi connectivity index (χ1n) is 9.87. The van der Waals surface area contributed by atoms with Crippen LogP contribution in [0.3, 0.4) is 0 Å². The third kappa shape index (κ3) is 4.87. The molecule has 9 heteroatoms. The van der Waals surface area contributed by atoms with Crippen LogP contribution in [0.4, 0.5) is 21.8 Å². The van der Waals surface area contributed by atoms with Crippen molar-refractivity contribution in [2.75, 3.05) is 23.8 Å². The summed E-state index contributed by atoms with van der Waals surface area (Å²) in [7, 11) is 0. The third-order valence-corrected chi connectivity index (χ3v) is 5.30. The fourth-order valence-electron chi connectivity index (χ4n) is 3.31. The number of aromatic nitrogens is 2. The molecule has 0 spiro atoms. The lowest BCUT2D eigenvalue weighted by Gasteiger charge is -2.17. The normalized spacial score (nSPS) is 15.4. The molecule has 1 aliphatic heterocycles. The zero-order valence-electron chi connectivity index (χ0n) is 16.9. The largest absolute Gasteiger partial charge is 0.478 e. The molecular formula is C23H20ClFN4O3. The summed E-state index contributed by atoms with van der Waals surface area (Å²) in [6.45, 7) is 4.84. The first-order valence-corrected chi connectivity index (χ1v) is 10.2. The summed E-state index contributed by atoms with van der Waals surface area (Å²) in [4.78, 5) is 20.3. The minimum Gasteiger partial charge on any atom is -0.478 e. The standard InChI is InChI=1S/C23H20ClFN4O3/c1-13(22(30)31)14-3-2-4-15(9-14)18-11-26-23(28-16-5-6-20(25)19(24)10-16)29-21(18)27-17-7-8-32-12-17/h2-6,9-11,17H,1,7-8,12H2,(H,30,31)(H2,26,27,28,29). The molecule has 1 aliphatic rings. The topological polar surface area (TPSA) is 96.4 Å². The summed E-state index contributed by atoms with van der Waals surface area (Å²) in [6, 6.07) is 11.4. The number of benzene rings is 2. The summed E-state index contributed by atoms with van der Waals surface area (Å²) in [5.41, 5.74) is 2.47. The highest BCUT2D eigenvalue weighted by atomic mass is 35.5. The van der Waals surface area contributed by atoms with Gasteiger partial charge in [-0.3, -0.25) is 0 Å². The fraction of sp³-hybridized carbons (Fsp3) is 0.174. The van der Waals surface area contributed by atoms with Gasteiger partial charge in [-0.25, -0.2) is 14.2 Å². The van der Waals surface area contributed by atoms with Gasteiger partial charge in [-0.05, 0) is 41.8 Å². The van der Waals surface area contributed by atoms with Crippen LogP contribution in [0, 0.1) is 5.82 Å². The number of anilines is 3. The van der Waals surface area contributed by atoms with Gasteiger partial charge in [0.15, 0.2) is 0 Å². The van der Waals surface area contributed by atoms with Crippen LogP contribution in [0.2, 0.25) is 5.02 Å². The Kier molecular flexibility index (Phi) is 6.34. The summed E-state index contributed by atoms with van der Waals surface area (Å²) in [5, 5.41) is 15.7. The monoisotopic (exact) mass is 454 g/mol. The lowest BCUT2D eigenvalue weighted by atomic mass is 10.0. The second kappa shape index (κ2) is 9.33. The van der Waals surface area contributed by atoms with E-state index in [1.54, 1.807) is 24.4 Å². The van der Waals surface area contributed by atoms with Crippen molar-refractivity contribution in [1.29, 1.82) is 0 Å². The molecule has 1 saturated heterocycles. The van der Waals surface area contributed by atoms with Crippen molar-refractivity contribution < 1.29 is 19.0 Å². The van der Waals surface area contributed by atoms with E-state index in [4.69, 9.17) is 16.3 Å². The van der Waals surface area contributed by atoms with E-state index >= 15 is 0 Å². The van der Waals surface area contributed by atoms with Gasteiger partial charge in [0.2, 0.25) is 5.95 Å². The van der Waals surface area contributed by atoms with Crippen LogP contribution in [-0.4, -0.2) is 40.3 Å². The Bertz CT molecular complexity index is 1180.